The molecule has 1 aromatic heterocycles. The average Bonchev–Trinajstić information content (AvgIpc) is 3.23. The smallest absolute Gasteiger partial charge is 0.412 e. The maximum Gasteiger partial charge on any atom is 0.412 e. The molecular weight excluding hydrogens is 769 g/mol. The van der Waals surface area contributed by atoms with E-state index in [2.05, 4.69) is 91.5 Å². The predicted molar refractivity (Wildman–Crippen MR) is 244 cm³/mol. The van der Waals surface area contributed by atoms with Crippen LogP contribution >= 0.6 is 0 Å². The molecule has 2 atom stereocenters. The molecule has 4 N–H and O–H groups in total. The summed E-state index contributed by atoms with van der Waals surface area (Å²) in [4.78, 5) is 31.9. The van der Waals surface area contributed by atoms with Gasteiger partial charge in [-0.25, -0.2) is 4.79 Å². The summed E-state index contributed by atoms with van der Waals surface area (Å²) in [7, 11) is -2.17. The van der Waals surface area contributed by atoms with E-state index in [1.54, 1.807) is 17.0 Å². The van der Waals surface area contributed by atoms with Crippen LogP contribution in [0.15, 0.2) is 102 Å². The van der Waals surface area contributed by atoms with Crippen molar-refractivity contribution in [2.45, 2.75) is 89.6 Å². The van der Waals surface area contributed by atoms with Crippen molar-refractivity contribution in [2.24, 2.45) is 5.92 Å². The number of aromatic hydroxyl groups is 1. The number of amides is 1. The van der Waals surface area contributed by atoms with Crippen LogP contribution < -0.4 is 20.5 Å². The largest absolute Gasteiger partial charge is 0.506 e. The highest BCUT2D eigenvalue weighted by Gasteiger charge is 2.41. The van der Waals surface area contributed by atoms with Crippen molar-refractivity contribution in [3.8, 4) is 22.6 Å². The van der Waals surface area contributed by atoms with Gasteiger partial charge in [-0.2, -0.15) is 0 Å². The molecule has 4 heterocycles. The minimum atomic E-state index is -2.17. The Morgan fingerprint density at radius 2 is 1.67 bits per heavy atom. The lowest BCUT2D eigenvalue weighted by atomic mass is 9.82. The lowest BCUT2D eigenvalue weighted by molar-refractivity contribution is 0.0837. The average molecular weight is 831 g/mol. The number of piperidine rings is 3. The number of rotatable bonds is 17. The number of H-pyrrole nitrogens is 1. The molecular formula is C49H62N4O6Si. The van der Waals surface area contributed by atoms with Gasteiger partial charge in [0.25, 0.3) is 0 Å². The van der Waals surface area contributed by atoms with E-state index < -0.39 is 14.4 Å². The molecule has 3 aliphatic rings. The summed E-state index contributed by atoms with van der Waals surface area (Å²) >= 11 is 0. The summed E-state index contributed by atoms with van der Waals surface area (Å²) in [5, 5.41) is 25.6. The van der Waals surface area contributed by atoms with Gasteiger partial charge in [0.15, 0.2) is 8.32 Å². The lowest BCUT2D eigenvalue weighted by Crippen LogP contribution is -2.59. The van der Waals surface area contributed by atoms with Crippen LogP contribution in [0.4, 0.5) is 10.5 Å². The monoisotopic (exact) mass is 830 g/mol. The Morgan fingerprint density at radius 3 is 2.35 bits per heavy atom. The minimum absolute atomic E-state index is 0.00759. The molecule has 11 heteroatoms. The summed E-state index contributed by atoms with van der Waals surface area (Å²) in [6, 6.07) is 31.6. The highest BCUT2D eigenvalue weighted by molar-refractivity contribution is 6.74. The number of phenolic OH excluding ortho intramolecular Hbond substituents is 1. The summed E-state index contributed by atoms with van der Waals surface area (Å²) in [5.74, 6) is 1.28. The Kier molecular flexibility index (Phi) is 13.5. The van der Waals surface area contributed by atoms with Crippen molar-refractivity contribution in [3.63, 3.8) is 0 Å². The number of hydrogen-bond acceptors (Lipinski definition) is 7. The van der Waals surface area contributed by atoms with Crippen LogP contribution in [0.5, 0.6) is 11.5 Å². The summed E-state index contributed by atoms with van der Waals surface area (Å²) < 4.78 is 13.1. The number of phenols is 1. The molecule has 318 valence electrons. The van der Waals surface area contributed by atoms with Gasteiger partial charge in [-0.05, 0) is 135 Å². The molecule has 3 aliphatic heterocycles. The number of nitrogens with one attached hydrogen (secondary N) is 2. The first-order valence-corrected chi connectivity index (χ1v) is 24.6. The lowest BCUT2D eigenvalue weighted by Gasteiger charge is -2.48. The van der Waals surface area contributed by atoms with Crippen LogP contribution in [0.1, 0.15) is 69.2 Å². The van der Waals surface area contributed by atoms with E-state index in [0.29, 0.717) is 24.6 Å². The Morgan fingerprint density at radius 1 is 0.933 bits per heavy atom. The Labute approximate surface area is 355 Å². The molecule has 10 nitrogen and oxygen atoms in total. The van der Waals surface area contributed by atoms with E-state index >= 15 is 0 Å². The zero-order chi connectivity index (χ0) is 42.4. The zero-order valence-electron chi connectivity index (χ0n) is 35.9. The van der Waals surface area contributed by atoms with E-state index in [9.17, 15) is 19.8 Å². The second kappa shape index (κ2) is 18.8. The van der Waals surface area contributed by atoms with Gasteiger partial charge in [0.2, 0.25) is 5.56 Å². The molecule has 0 saturated carbocycles. The maximum atomic E-state index is 13.0. The Balaban J connectivity index is 0.919. The van der Waals surface area contributed by atoms with Crippen molar-refractivity contribution in [2.75, 3.05) is 44.2 Å². The number of nitrogens with zero attached hydrogens (tertiary/aromatic N) is 2. The molecule has 3 saturated heterocycles. The van der Waals surface area contributed by atoms with E-state index in [4.69, 9.17) is 9.16 Å². The molecule has 0 unspecified atom stereocenters. The molecule has 4 aromatic carbocycles. The second-order valence-corrected chi connectivity index (χ2v) is 22.9. The van der Waals surface area contributed by atoms with Gasteiger partial charge >= 0.3 is 6.09 Å². The van der Waals surface area contributed by atoms with Gasteiger partial charge in [-0.15, -0.1) is 0 Å². The van der Waals surface area contributed by atoms with Gasteiger partial charge < -0.3 is 34.6 Å². The van der Waals surface area contributed by atoms with E-state index in [1.807, 2.05) is 36.4 Å². The summed E-state index contributed by atoms with van der Waals surface area (Å²) in [6.07, 6.45) is 4.45. The number of ether oxygens (including phenoxy) is 1. The van der Waals surface area contributed by atoms with Crippen LogP contribution in [0.2, 0.25) is 18.1 Å². The fourth-order valence-electron chi connectivity index (χ4n) is 8.57. The predicted octanol–water partition coefficient (Wildman–Crippen LogP) is 9.78. The SMILES string of the molecule is CC(C)(C)[Si](C)(C)O[C@H](CNCCc1ccc(OCCCCc2ccc(-c3ccccc3)c(N(C(=O)O)[C@H]3CN4CCC3CC4)c2)cc1)c1ccc(O)c2[nH]c(=O)ccc12. The van der Waals surface area contributed by atoms with E-state index in [-0.39, 0.29) is 28.5 Å². The van der Waals surface area contributed by atoms with Gasteiger partial charge in [0, 0.05) is 30.1 Å². The number of benzene rings is 4. The Bertz CT molecular complexity index is 2280. The molecule has 0 radical (unpaired) electrons. The summed E-state index contributed by atoms with van der Waals surface area (Å²) in [6.45, 7) is 16.0. The fourth-order valence-corrected chi connectivity index (χ4v) is 9.85. The number of unbranched alkanes of at least 4 members (excludes halogenated alkanes) is 1. The fraction of sp³-hybridized carbons (Fsp3) is 0.429. The highest BCUT2D eigenvalue weighted by Crippen LogP contribution is 2.42. The first-order valence-electron chi connectivity index (χ1n) is 21.7. The molecule has 2 bridgehead atoms. The molecule has 0 spiro atoms. The van der Waals surface area contributed by atoms with Crippen molar-refractivity contribution in [1.82, 2.24) is 15.2 Å². The van der Waals surface area contributed by atoms with Gasteiger partial charge in [0.1, 0.15) is 11.5 Å². The molecule has 3 fully saturated rings. The van der Waals surface area contributed by atoms with E-state index in [1.165, 1.54) is 11.6 Å². The number of carboxylic acid groups (broad SMARTS) is 1. The maximum absolute atomic E-state index is 13.0. The third kappa shape index (κ3) is 10.1. The van der Waals surface area contributed by atoms with Crippen LogP contribution in [-0.2, 0) is 17.3 Å². The molecule has 5 aromatic rings. The first kappa shape index (κ1) is 43.2. The Hall–Kier alpha value is -4.94. The number of pyridine rings is 1. The topological polar surface area (TPSA) is 127 Å². The number of aryl methyl sites for hydroxylation is 1. The van der Waals surface area contributed by atoms with Crippen LogP contribution in [-0.4, -0.2) is 79.9 Å². The van der Waals surface area contributed by atoms with E-state index in [0.717, 1.165) is 104 Å². The zero-order valence-corrected chi connectivity index (χ0v) is 36.9. The van der Waals surface area contributed by atoms with Crippen molar-refractivity contribution in [3.05, 3.63) is 124 Å². The number of aromatic nitrogens is 1. The third-order valence-corrected chi connectivity index (χ3v) is 17.5. The van der Waals surface area contributed by atoms with Gasteiger partial charge in [0.05, 0.1) is 30.0 Å². The van der Waals surface area contributed by atoms with Gasteiger partial charge in [-0.1, -0.05) is 81.4 Å². The standard InChI is InChI=1S/C49H62N4O6Si/c1-49(2,3)60(4,5)59-45(40-20-22-44(54)47-41(40)21-23-46(55)51-47)32-50-27-24-34-14-17-38(18-15-34)58-30-10-9-11-35-16-19-39(36-12-7-6-8-13-36)42(31-35)53(48(56)57)43-33-52-28-25-37(43)26-29-52/h6-8,12-23,31,37,43,45,50,54H,9-11,24-30,32-33H2,1-5H3,(H,51,55)(H,56,57)/t43-,45+/m0/s1. The van der Waals surface area contributed by atoms with Crippen molar-refractivity contribution in [1.29, 1.82) is 0 Å². The molecule has 0 aliphatic carbocycles. The van der Waals surface area contributed by atoms with Crippen LogP contribution in [0.25, 0.3) is 22.0 Å². The number of anilines is 1. The quantitative estimate of drug-likeness (QED) is 0.0539. The number of hydrogen-bond donors (Lipinski definition) is 4. The van der Waals surface area contributed by atoms with Crippen molar-refractivity contribution < 1.29 is 24.2 Å². The molecule has 8 rings (SSSR count). The normalized spacial score (nSPS) is 18.4. The minimum Gasteiger partial charge on any atom is -0.506 e. The van der Waals surface area contributed by atoms with Crippen molar-refractivity contribution >= 4 is 31.0 Å². The summed E-state index contributed by atoms with van der Waals surface area (Å²) in [5.41, 5.74) is 6.23. The number of carbonyl (C=O) groups is 1. The van der Waals surface area contributed by atoms with Crippen LogP contribution in [0, 0.1) is 5.92 Å². The number of fused-ring (bicyclic) bond motifs is 4. The first-order chi connectivity index (χ1) is 28.8. The third-order valence-electron chi connectivity index (χ3n) is 13.0. The van der Waals surface area contributed by atoms with Gasteiger partial charge in [-0.3, -0.25) is 9.69 Å². The highest BCUT2D eigenvalue weighted by atomic mass is 28.4. The molecule has 60 heavy (non-hydrogen) atoms. The number of aromatic amines is 1. The van der Waals surface area contributed by atoms with Crippen LogP contribution in [0.3, 0.4) is 0 Å². The molecule has 1 amide bonds. The second-order valence-electron chi connectivity index (χ2n) is 18.1.